The Balaban J connectivity index is 1.77. The molecule has 1 aliphatic heterocycles. The van der Waals surface area contributed by atoms with E-state index in [9.17, 15) is 14.4 Å². The minimum Gasteiger partial charge on any atom is -0.489 e. The van der Waals surface area contributed by atoms with E-state index in [1.807, 2.05) is 68.4 Å². The van der Waals surface area contributed by atoms with Gasteiger partial charge in [-0.25, -0.2) is 9.59 Å². The first-order valence-corrected chi connectivity index (χ1v) is 11.9. The van der Waals surface area contributed by atoms with Crippen LogP contribution in [0.2, 0.25) is 0 Å². The van der Waals surface area contributed by atoms with Gasteiger partial charge in [0.25, 0.3) is 5.56 Å². The normalized spacial score (nSPS) is 14.9. The highest BCUT2D eigenvalue weighted by molar-refractivity contribution is 5.94. The summed E-state index contributed by atoms with van der Waals surface area (Å²) in [5, 5.41) is 3.11. The molecule has 1 unspecified atom stereocenters. The molecular formula is C28H31N3O5. The summed E-state index contributed by atoms with van der Waals surface area (Å²) in [6.07, 6.45) is 0. The number of nitrogens with one attached hydrogen (secondary N) is 1. The molecule has 2 aromatic carbocycles. The summed E-state index contributed by atoms with van der Waals surface area (Å²) < 4.78 is 13.9. The Kier molecular flexibility index (Phi) is 7.15. The summed E-state index contributed by atoms with van der Waals surface area (Å²) in [5.74, 6) is -0.0173. The van der Waals surface area contributed by atoms with E-state index in [4.69, 9.17) is 9.47 Å². The van der Waals surface area contributed by atoms with Crippen molar-refractivity contribution in [2.75, 3.05) is 11.9 Å². The van der Waals surface area contributed by atoms with Gasteiger partial charge < -0.3 is 14.8 Å². The Morgan fingerprint density at radius 3 is 2.31 bits per heavy atom. The van der Waals surface area contributed by atoms with Crippen LogP contribution in [0, 0.1) is 5.92 Å². The molecule has 8 nitrogen and oxygen atoms in total. The number of allylic oxidation sites excluding steroid dienone is 1. The predicted molar refractivity (Wildman–Crippen MR) is 138 cm³/mol. The molecule has 0 aliphatic carbocycles. The van der Waals surface area contributed by atoms with Crippen molar-refractivity contribution < 1.29 is 14.3 Å². The lowest BCUT2D eigenvalue weighted by Gasteiger charge is -2.31. The summed E-state index contributed by atoms with van der Waals surface area (Å²) in [5.41, 5.74) is 2.05. The smallest absolute Gasteiger partial charge is 0.336 e. The Hall–Kier alpha value is -4.07. The minimum atomic E-state index is -0.713. The number of fused-ring (bicyclic) bond motifs is 1. The van der Waals surface area contributed by atoms with E-state index in [-0.39, 0.29) is 12.5 Å². The molecule has 188 valence electrons. The van der Waals surface area contributed by atoms with E-state index in [1.54, 1.807) is 14.0 Å². The van der Waals surface area contributed by atoms with Gasteiger partial charge in [0, 0.05) is 19.8 Å². The average Bonchev–Trinajstić information content (AvgIpc) is 2.88. The first-order valence-electron chi connectivity index (χ1n) is 11.9. The molecule has 1 aromatic heterocycles. The lowest BCUT2D eigenvalue weighted by Crippen LogP contribution is -2.43. The van der Waals surface area contributed by atoms with Gasteiger partial charge in [0.05, 0.1) is 23.7 Å². The van der Waals surface area contributed by atoms with Gasteiger partial charge in [-0.15, -0.1) is 0 Å². The van der Waals surface area contributed by atoms with Crippen LogP contribution < -0.4 is 21.3 Å². The summed E-state index contributed by atoms with van der Waals surface area (Å²) in [7, 11) is 3.03. The van der Waals surface area contributed by atoms with Gasteiger partial charge in [0.1, 0.15) is 18.2 Å². The lowest BCUT2D eigenvalue weighted by atomic mass is 9.82. The van der Waals surface area contributed by atoms with Crippen molar-refractivity contribution in [3.8, 4) is 5.75 Å². The fourth-order valence-corrected chi connectivity index (χ4v) is 4.31. The molecule has 1 N–H and O–H groups in total. The molecule has 0 radical (unpaired) electrons. The monoisotopic (exact) mass is 489 g/mol. The second kappa shape index (κ2) is 10.3. The molecule has 0 fully saturated rings. The van der Waals surface area contributed by atoms with E-state index in [1.165, 1.54) is 11.6 Å². The lowest BCUT2D eigenvalue weighted by molar-refractivity contribution is -0.140. The Bertz CT molecular complexity index is 1420. The highest BCUT2D eigenvalue weighted by Gasteiger charge is 2.37. The van der Waals surface area contributed by atoms with Gasteiger partial charge >= 0.3 is 11.7 Å². The van der Waals surface area contributed by atoms with Crippen LogP contribution in [-0.2, 0) is 30.2 Å². The first-order chi connectivity index (χ1) is 17.2. The van der Waals surface area contributed by atoms with E-state index in [0.29, 0.717) is 35.0 Å². The second-order valence-electron chi connectivity index (χ2n) is 9.40. The number of aromatic nitrogens is 2. The van der Waals surface area contributed by atoms with Crippen LogP contribution in [0.5, 0.6) is 5.75 Å². The van der Waals surface area contributed by atoms with Crippen LogP contribution >= 0.6 is 0 Å². The van der Waals surface area contributed by atoms with Crippen molar-refractivity contribution >= 4 is 11.8 Å². The molecule has 0 bridgehead atoms. The molecule has 1 atom stereocenters. The van der Waals surface area contributed by atoms with Gasteiger partial charge in [0.2, 0.25) is 0 Å². The standard InChI is InChI=1S/C28H31N3O5/c1-17(2)15-36-27(33)22-18(3)29-25-24(26(32)31(5)28(34)30(25)4)23(22)20-11-13-21(14-12-20)35-16-19-9-7-6-8-10-19/h6-14,17,23,29H,15-16H2,1-5H3. The average molecular weight is 490 g/mol. The van der Waals surface area contributed by atoms with Crippen molar-refractivity contribution in [3.63, 3.8) is 0 Å². The van der Waals surface area contributed by atoms with Crippen molar-refractivity contribution in [2.45, 2.75) is 33.3 Å². The number of benzene rings is 2. The molecule has 0 saturated carbocycles. The van der Waals surface area contributed by atoms with Gasteiger partial charge in [-0.1, -0.05) is 56.3 Å². The van der Waals surface area contributed by atoms with Gasteiger partial charge in [-0.2, -0.15) is 0 Å². The van der Waals surface area contributed by atoms with Crippen LogP contribution in [0.15, 0.2) is 75.5 Å². The summed E-state index contributed by atoms with van der Waals surface area (Å²) >= 11 is 0. The number of carbonyl (C=O) groups is 1. The molecule has 1 aliphatic rings. The summed E-state index contributed by atoms with van der Waals surface area (Å²) in [4.78, 5) is 39.2. The fraction of sp³-hybridized carbons (Fsp3) is 0.321. The summed E-state index contributed by atoms with van der Waals surface area (Å²) in [6.45, 7) is 6.35. The molecule has 0 spiro atoms. The molecular weight excluding hydrogens is 458 g/mol. The number of esters is 1. The number of hydrogen-bond acceptors (Lipinski definition) is 6. The largest absolute Gasteiger partial charge is 0.489 e. The third-order valence-electron chi connectivity index (χ3n) is 6.22. The Morgan fingerprint density at radius 2 is 1.67 bits per heavy atom. The highest BCUT2D eigenvalue weighted by atomic mass is 16.5. The molecule has 0 amide bonds. The van der Waals surface area contributed by atoms with Crippen molar-refractivity contribution in [1.82, 2.24) is 9.13 Å². The van der Waals surface area contributed by atoms with E-state index in [0.717, 1.165) is 15.7 Å². The van der Waals surface area contributed by atoms with Crippen LogP contribution in [0.3, 0.4) is 0 Å². The van der Waals surface area contributed by atoms with Crippen LogP contribution in [0.4, 0.5) is 5.82 Å². The number of hydrogen-bond donors (Lipinski definition) is 1. The predicted octanol–water partition coefficient (Wildman–Crippen LogP) is 3.69. The minimum absolute atomic E-state index is 0.159. The fourth-order valence-electron chi connectivity index (χ4n) is 4.31. The molecule has 4 rings (SSSR count). The molecule has 36 heavy (non-hydrogen) atoms. The SMILES string of the molecule is CC1=C(C(=O)OCC(C)C)C(c2ccc(OCc3ccccc3)cc2)c2c(n(C)c(=O)n(C)c2=O)N1. The number of nitrogens with zero attached hydrogens (tertiary/aromatic N) is 2. The maximum absolute atomic E-state index is 13.3. The van der Waals surface area contributed by atoms with Gasteiger partial charge in [-0.3, -0.25) is 13.9 Å². The maximum Gasteiger partial charge on any atom is 0.336 e. The zero-order valence-electron chi connectivity index (χ0n) is 21.2. The molecule has 2 heterocycles. The van der Waals surface area contributed by atoms with E-state index in [2.05, 4.69) is 5.32 Å². The third kappa shape index (κ3) is 4.84. The quantitative estimate of drug-likeness (QED) is 0.509. The van der Waals surface area contributed by atoms with Gasteiger partial charge in [-0.05, 0) is 36.1 Å². The van der Waals surface area contributed by atoms with Crippen molar-refractivity contribution in [2.24, 2.45) is 20.0 Å². The van der Waals surface area contributed by atoms with Crippen LogP contribution in [0.25, 0.3) is 0 Å². The Morgan fingerprint density at radius 1 is 1.00 bits per heavy atom. The molecule has 3 aromatic rings. The zero-order chi connectivity index (χ0) is 26.0. The highest BCUT2D eigenvalue weighted by Crippen LogP contribution is 2.40. The zero-order valence-corrected chi connectivity index (χ0v) is 21.2. The second-order valence-corrected chi connectivity index (χ2v) is 9.40. The number of carbonyl (C=O) groups excluding carboxylic acids is 1. The van der Waals surface area contributed by atoms with Crippen molar-refractivity contribution in [3.05, 3.63) is 103 Å². The Labute approximate surface area is 209 Å². The molecule has 0 saturated heterocycles. The topological polar surface area (TPSA) is 91.6 Å². The van der Waals surface area contributed by atoms with Crippen LogP contribution in [0.1, 0.15) is 43.4 Å². The third-order valence-corrected chi connectivity index (χ3v) is 6.22. The maximum atomic E-state index is 13.3. The summed E-state index contributed by atoms with van der Waals surface area (Å²) in [6, 6.07) is 17.2. The van der Waals surface area contributed by atoms with Gasteiger partial charge in [0.15, 0.2) is 0 Å². The van der Waals surface area contributed by atoms with Crippen molar-refractivity contribution in [1.29, 1.82) is 0 Å². The number of rotatable bonds is 7. The van der Waals surface area contributed by atoms with E-state index < -0.39 is 23.1 Å². The molecule has 8 heteroatoms. The number of anilines is 1. The van der Waals surface area contributed by atoms with Crippen LogP contribution in [-0.4, -0.2) is 21.7 Å². The first kappa shape index (κ1) is 25.0. The van der Waals surface area contributed by atoms with E-state index >= 15 is 0 Å². The number of ether oxygens (including phenoxy) is 2.